The van der Waals surface area contributed by atoms with E-state index in [0.717, 1.165) is 19.7 Å². The molecule has 0 unspecified atom stereocenters. The molecule has 2 saturated heterocycles. The van der Waals surface area contributed by atoms with Crippen molar-refractivity contribution in [2.45, 2.75) is 31.3 Å². The van der Waals surface area contributed by atoms with E-state index >= 15 is 0 Å². The SMILES string of the molecule is C1COC2(C1)CCNCC2.Cl. The molecule has 0 bridgehead atoms. The zero-order valence-corrected chi connectivity index (χ0v) is 7.58. The van der Waals surface area contributed by atoms with Gasteiger partial charge in [-0.3, -0.25) is 0 Å². The van der Waals surface area contributed by atoms with Gasteiger partial charge in [0.2, 0.25) is 0 Å². The summed E-state index contributed by atoms with van der Waals surface area (Å²) in [5.41, 5.74) is 0.311. The molecule has 1 spiro atoms. The lowest BCUT2D eigenvalue weighted by Gasteiger charge is -2.32. The largest absolute Gasteiger partial charge is 0.375 e. The van der Waals surface area contributed by atoms with E-state index in [9.17, 15) is 0 Å². The molecule has 0 aromatic carbocycles. The monoisotopic (exact) mass is 177 g/mol. The first-order chi connectivity index (χ1) is 4.91. The van der Waals surface area contributed by atoms with Crippen LogP contribution in [0.25, 0.3) is 0 Å². The highest BCUT2D eigenvalue weighted by Gasteiger charge is 2.35. The van der Waals surface area contributed by atoms with E-state index in [1.165, 1.54) is 25.7 Å². The van der Waals surface area contributed by atoms with Crippen molar-refractivity contribution in [3.8, 4) is 0 Å². The van der Waals surface area contributed by atoms with Crippen LogP contribution in [0.3, 0.4) is 0 Å². The van der Waals surface area contributed by atoms with Crippen LogP contribution in [0.1, 0.15) is 25.7 Å². The predicted octanol–water partition coefficient (Wildman–Crippen LogP) is 1.34. The highest BCUT2D eigenvalue weighted by molar-refractivity contribution is 5.85. The first kappa shape index (κ1) is 9.30. The molecule has 0 aromatic heterocycles. The van der Waals surface area contributed by atoms with Crippen LogP contribution in [0.15, 0.2) is 0 Å². The number of ether oxygens (including phenoxy) is 1. The van der Waals surface area contributed by atoms with E-state index < -0.39 is 0 Å². The Balaban J connectivity index is 0.000000605. The van der Waals surface area contributed by atoms with Crippen molar-refractivity contribution in [3.05, 3.63) is 0 Å². The Kier molecular flexibility index (Phi) is 3.16. The molecule has 0 atom stereocenters. The zero-order chi connectivity index (χ0) is 6.86. The molecule has 2 heterocycles. The topological polar surface area (TPSA) is 21.3 Å². The fourth-order valence-corrected chi connectivity index (χ4v) is 2.03. The van der Waals surface area contributed by atoms with E-state index in [4.69, 9.17) is 4.74 Å². The first-order valence-corrected chi connectivity index (χ1v) is 4.26. The Bertz CT molecular complexity index is 115. The fraction of sp³-hybridized carbons (Fsp3) is 1.00. The summed E-state index contributed by atoms with van der Waals surface area (Å²) < 4.78 is 5.74. The Labute approximate surface area is 74.1 Å². The van der Waals surface area contributed by atoms with Gasteiger partial charge in [-0.15, -0.1) is 12.4 Å². The lowest BCUT2D eigenvalue weighted by molar-refractivity contribution is -0.0190. The second-order valence-corrected chi connectivity index (χ2v) is 3.39. The van der Waals surface area contributed by atoms with Crippen LogP contribution in [0.5, 0.6) is 0 Å². The Morgan fingerprint density at radius 1 is 1.09 bits per heavy atom. The number of rotatable bonds is 0. The van der Waals surface area contributed by atoms with Crippen molar-refractivity contribution in [2.24, 2.45) is 0 Å². The molecule has 0 radical (unpaired) electrons. The van der Waals surface area contributed by atoms with Gasteiger partial charge >= 0.3 is 0 Å². The van der Waals surface area contributed by atoms with Gasteiger partial charge < -0.3 is 10.1 Å². The van der Waals surface area contributed by atoms with Gasteiger partial charge in [0.1, 0.15) is 0 Å². The predicted molar refractivity (Wildman–Crippen MR) is 47.3 cm³/mol. The minimum Gasteiger partial charge on any atom is -0.375 e. The molecule has 2 rings (SSSR count). The Hall–Kier alpha value is 0.210. The second kappa shape index (κ2) is 3.74. The van der Waals surface area contributed by atoms with Crippen LogP contribution in [-0.4, -0.2) is 25.3 Å². The third kappa shape index (κ3) is 1.86. The highest BCUT2D eigenvalue weighted by Crippen LogP contribution is 2.33. The van der Waals surface area contributed by atoms with Gasteiger partial charge in [0.05, 0.1) is 5.60 Å². The van der Waals surface area contributed by atoms with Crippen LogP contribution in [0.2, 0.25) is 0 Å². The van der Waals surface area contributed by atoms with Gasteiger partial charge in [0.15, 0.2) is 0 Å². The van der Waals surface area contributed by atoms with Crippen molar-refractivity contribution in [2.75, 3.05) is 19.7 Å². The molecule has 66 valence electrons. The number of halogens is 1. The second-order valence-electron chi connectivity index (χ2n) is 3.39. The molecule has 1 N–H and O–H groups in total. The van der Waals surface area contributed by atoms with Crippen LogP contribution < -0.4 is 5.32 Å². The maximum absolute atomic E-state index is 5.74. The van der Waals surface area contributed by atoms with Crippen LogP contribution >= 0.6 is 12.4 Å². The van der Waals surface area contributed by atoms with Crippen molar-refractivity contribution < 1.29 is 4.74 Å². The van der Waals surface area contributed by atoms with Crippen molar-refractivity contribution >= 4 is 12.4 Å². The number of nitrogens with one attached hydrogen (secondary N) is 1. The van der Waals surface area contributed by atoms with Crippen LogP contribution in [0, 0.1) is 0 Å². The average Bonchev–Trinajstić information content (AvgIpc) is 2.39. The minimum atomic E-state index is 0. The molecule has 2 aliphatic rings. The minimum absolute atomic E-state index is 0. The lowest BCUT2D eigenvalue weighted by Crippen LogP contribution is -2.41. The molecular formula is C8H16ClNO. The van der Waals surface area contributed by atoms with Gasteiger partial charge in [-0.2, -0.15) is 0 Å². The van der Waals surface area contributed by atoms with Gasteiger partial charge in [-0.1, -0.05) is 0 Å². The summed E-state index contributed by atoms with van der Waals surface area (Å²) in [6.07, 6.45) is 5.04. The third-order valence-corrected chi connectivity index (χ3v) is 2.70. The molecule has 2 fully saturated rings. The Morgan fingerprint density at radius 3 is 2.36 bits per heavy atom. The summed E-state index contributed by atoms with van der Waals surface area (Å²) >= 11 is 0. The average molecular weight is 178 g/mol. The maximum atomic E-state index is 5.74. The summed E-state index contributed by atoms with van der Waals surface area (Å²) in [6.45, 7) is 3.31. The quantitative estimate of drug-likeness (QED) is 0.603. The molecule has 0 saturated carbocycles. The van der Waals surface area contributed by atoms with Crippen molar-refractivity contribution in [1.82, 2.24) is 5.32 Å². The van der Waals surface area contributed by atoms with E-state index in [2.05, 4.69) is 5.32 Å². The zero-order valence-electron chi connectivity index (χ0n) is 6.77. The smallest absolute Gasteiger partial charge is 0.0707 e. The summed E-state index contributed by atoms with van der Waals surface area (Å²) in [5.74, 6) is 0. The third-order valence-electron chi connectivity index (χ3n) is 2.70. The summed E-state index contributed by atoms with van der Waals surface area (Å²) in [5, 5.41) is 3.36. The molecule has 0 amide bonds. The maximum Gasteiger partial charge on any atom is 0.0707 e. The highest BCUT2D eigenvalue weighted by atomic mass is 35.5. The summed E-state index contributed by atoms with van der Waals surface area (Å²) in [4.78, 5) is 0. The molecular weight excluding hydrogens is 162 g/mol. The lowest BCUT2D eigenvalue weighted by atomic mass is 9.90. The number of hydrogen-bond donors (Lipinski definition) is 1. The number of hydrogen-bond acceptors (Lipinski definition) is 2. The van der Waals surface area contributed by atoms with Gasteiger partial charge in [-0.25, -0.2) is 0 Å². The standard InChI is InChI=1S/C8H15NO.ClH/c1-2-8(10-7-1)3-5-9-6-4-8;/h9H,1-7H2;1H. The fourth-order valence-electron chi connectivity index (χ4n) is 2.03. The molecule has 0 aromatic rings. The Morgan fingerprint density at radius 2 is 1.82 bits per heavy atom. The molecule has 11 heavy (non-hydrogen) atoms. The molecule has 2 aliphatic heterocycles. The van der Waals surface area contributed by atoms with Gasteiger partial charge in [-0.05, 0) is 38.8 Å². The first-order valence-electron chi connectivity index (χ1n) is 4.26. The summed E-state index contributed by atoms with van der Waals surface area (Å²) in [6, 6.07) is 0. The van der Waals surface area contributed by atoms with Gasteiger partial charge in [0.25, 0.3) is 0 Å². The van der Waals surface area contributed by atoms with E-state index in [1.807, 2.05) is 0 Å². The van der Waals surface area contributed by atoms with E-state index in [0.29, 0.717) is 5.60 Å². The van der Waals surface area contributed by atoms with Crippen LogP contribution in [-0.2, 0) is 4.74 Å². The molecule has 2 nitrogen and oxygen atoms in total. The van der Waals surface area contributed by atoms with Crippen molar-refractivity contribution in [1.29, 1.82) is 0 Å². The molecule has 3 heteroatoms. The normalized spacial score (nSPS) is 28.4. The van der Waals surface area contributed by atoms with E-state index in [-0.39, 0.29) is 12.4 Å². The summed E-state index contributed by atoms with van der Waals surface area (Å²) in [7, 11) is 0. The molecule has 0 aliphatic carbocycles. The van der Waals surface area contributed by atoms with Crippen molar-refractivity contribution in [3.63, 3.8) is 0 Å². The van der Waals surface area contributed by atoms with Crippen LogP contribution in [0.4, 0.5) is 0 Å². The van der Waals surface area contributed by atoms with Gasteiger partial charge in [0, 0.05) is 6.61 Å². The number of piperidine rings is 1. The van der Waals surface area contributed by atoms with E-state index in [1.54, 1.807) is 0 Å².